The molecule has 0 aromatic heterocycles. The molecule has 0 fully saturated rings. The van der Waals surface area contributed by atoms with Gasteiger partial charge in [0.05, 0.1) is 13.2 Å². The van der Waals surface area contributed by atoms with Gasteiger partial charge in [0.1, 0.15) is 6.10 Å². The van der Waals surface area contributed by atoms with Gasteiger partial charge >= 0.3 is 23.5 Å². The van der Waals surface area contributed by atoms with Crippen molar-refractivity contribution in [1.29, 1.82) is 0 Å². The lowest BCUT2D eigenvalue weighted by Crippen LogP contribution is -2.20. The molecule has 6 N–H and O–H groups in total. The summed E-state index contributed by atoms with van der Waals surface area (Å²) in [4.78, 5) is 41.7. The van der Waals surface area contributed by atoms with Gasteiger partial charge in [0.25, 0.3) is 0 Å². The zero-order valence-electron chi connectivity index (χ0n) is 8.47. The zero-order valence-corrected chi connectivity index (χ0v) is 11.1. The Labute approximate surface area is 100 Å². The summed E-state index contributed by atoms with van der Waals surface area (Å²) < 4.78 is 42.4. The molecule has 0 saturated carbocycles. The largest absolute Gasteiger partial charge is 0.481 e. The number of phosphoric ester groups is 2. The fourth-order valence-corrected chi connectivity index (χ4v) is 2.56. The first-order chi connectivity index (χ1) is 7.81. The Morgan fingerprint density at radius 2 is 1.28 bits per heavy atom. The number of aliphatic hydroxyl groups excluding tert-OH is 1. The van der Waals surface area contributed by atoms with Crippen molar-refractivity contribution in [2.24, 2.45) is 0 Å². The van der Waals surface area contributed by atoms with Crippen LogP contribution in [-0.2, 0) is 27.1 Å². The molecule has 0 bridgehead atoms. The third-order valence-electron chi connectivity index (χ3n) is 1.07. The van der Waals surface area contributed by atoms with Crippen LogP contribution in [-0.4, -0.2) is 48.9 Å². The lowest BCUT2D eigenvalue weighted by Gasteiger charge is -2.15. The van der Waals surface area contributed by atoms with Crippen molar-refractivity contribution in [2.75, 3.05) is 13.2 Å². The van der Waals surface area contributed by atoms with Crippen LogP contribution in [0.2, 0.25) is 0 Å². The van der Waals surface area contributed by atoms with E-state index >= 15 is 0 Å². The first-order valence-electron chi connectivity index (χ1n) is 3.93. The molecule has 18 heavy (non-hydrogen) atoms. The minimum Gasteiger partial charge on any atom is -0.388 e. The topological polar surface area (TPSA) is 200 Å². The van der Waals surface area contributed by atoms with Crippen molar-refractivity contribution in [3.8, 4) is 0 Å². The molecule has 0 amide bonds. The molecule has 0 radical (unpaired) electrons. The lowest BCUT2D eigenvalue weighted by molar-refractivity contribution is 0.0392. The Bertz CT molecular complexity index is 391. The smallest absolute Gasteiger partial charge is 0.388 e. The van der Waals surface area contributed by atoms with E-state index in [4.69, 9.17) is 29.6 Å². The molecule has 0 rings (SSSR count). The fraction of sp³-hybridized carbons (Fsp3) is 1.00. The third-order valence-corrected chi connectivity index (χ3v) is 3.71. The van der Waals surface area contributed by atoms with Crippen molar-refractivity contribution in [2.45, 2.75) is 6.10 Å². The molecule has 0 aliphatic heterocycles. The van der Waals surface area contributed by atoms with Crippen LogP contribution in [0.25, 0.3) is 0 Å². The van der Waals surface area contributed by atoms with Gasteiger partial charge in [-0.15, -0.1) is 0 Å². The average molecular weight is 332 g/mol. The molecule has 0 spiro atoms. The summed E-state index contributed by atoms with van der Waals surface area (Å²) in [6, 6.07) is 0. The van der Waals surface area contributed by atoms with E-state index in [2.05, 4.69) is 13.4 Å². The highest BCUT2D eigenvalue weighted by atomic mass is 31.3. The normalized spacial score (nSPS) is 18.3. The first-order valence-corrected chi connectivity index (χ1v) is 8.49. The van der Waals surface area contributed by atoms with Crippen molar-refractivity contribution in [1.82, 2.24) is 0 Å². The van der Waals surface area contributed by atoms with Crippen LogP contribution in [0.4, 0.5) is 0 Å². The number of rotatable bonds is 8. The summed E-state index contributed by atoms with van der Waals surface area (Å²) in [5.41, 5.74) is 0. The highest BCUT2D eigenvalue weighted by Gasteiger charge is 2.33. The highest BCUT2D eigenvalue weighted by Crippen LogP contribution is 2.57. The second-order valence-electron chi connectivity index (χ2n) is 2.78. The highest BCUT2D eigenvalue weighted by molar-refractivity contribution is 7.60. The third kappa shape index (κ3) is 11.4. The van der Waals surface area contributed by atoms with E-state index in [-0.39, 0.29) is 0 Å². The zero-order chi connectivity index (χ0) is 14.6. The Kier molecular flexibility index (Phi) is 6.79. The summed E-state index contributed by atoms with van der Waals surface area (Å²) in [5, 5.41) is 9.00. The van der Waals surface area contributed by atoms with E-state index in [0.717, 1.165) is 0 Å². The van der Waals surface area contributed by atoms with Crippen molar-refractivity contribution in [3.05, 3.63) is 0 Å². The van der Waals surface area contributed by atoms with Gasteiger partial charge in [-0.3, -0.25) is 9.05 Å². The van der Waals surface area contributed by atoms with E-state index < -0.39 is 42.8 Å². The Morgan fingerprint density at radius 1 is 0.833 bits per heavy atom. The molecule has 0 aromatic carbocycles. The minimum absolute atomic E-state index is 0.930. The quantitative estimate of drug-likeness (QED) is 0.287. The maximum absolute atomic E-state index is 10.8. The van der Waals surface area contributed by atoms with E-state index in [0.29, 0.717) is 0 Å². The molecule has 2 atom stereocenters. The second-order valence-corrected chi connectivity index (χ2v) is 6.85. The van der Waals surface area contributed by atoms with Crippen LogP contribution in [0.3, 0.4) is 0 Å². The van der Waals surface area contributed by atoms with Crippen LogP contribution in [0.5, 0.6) is 0 Å². The SMILES string of the molecule is O=P(O)(O)OCC(O)COP(=O)(O)OP(=O)(O)O. The van der Waals surface area contributed by atoms with Gasteiger partial charge in [-0.1, -0.05) is 0 Å². The van der Waals surface area contributed by atoms with Gasteiger partial charge in [0, 0.05) is 0 Å². The van der Waals surface area contributed by atoms with Crippen molar-refractivity contribution in [3.63, 3.8) is 0 Å². The predicted molar refractivity (Wildman–Crippen MR) is 52.9 cm³/mol. The molecule has 0 aliphatic carbocycles. The van der Waals surface area contributed by atoms with Crippen molar-refractivity contribution >= 4 is 23.5 Å². The second kappa shape index (κ2) is 6.67. The molecule has 0 aromatic rings. The van der Waals surface area contributed by atoms with E-state index in [9.17, 15) is 13.7 Å². The predicted octanol–water partition coefficient (Wildman–Crippen LogP) is -1.32. The van der Waals surface area contributed by atoms with Gasteiger partial charge in [-0.05, 0) is 0 Å². The number of aliphatic hydroxyl groups is 1. The Hall–Kier alpha value is 0.330. The summed E-state index contributed by atoms with van der Waals surface area (Å²) >= 11 is 0. The molecule has 0 saturated heterocycles. The lowest BCUT2D eigenvalue weighted by atomic mass is 10.4. The summed E-state index contributed by atoms with van der Waals surface area (Å²) in [7, 11) is -15.2. The first kappa shape index (κ1) is 18.3. The standard InChI is InChI=1S/C3H11O12P3/c4-3(1-13-16(5,6)7)2-14-18(11,12)15-17(8,9)10/h3-4H,1-2H2,(H,11,12)(H2,5,6,7)(H2,8,9,10). The van der Waals surface area contributed by atoms with Gasteiger partial charge in [0.2, 0.25) is 0 Å². The number of hydrogen-bond acceptors (Lipinski definition) is 7. The van der Waals surface area contributed by atoms with Crippen LogP contribution >= 0.6 is 23.5 Å². The molecule has 15 heteroatoms. The van der Waals surface area contributed by atoms with Crippen LogP contribution in [0.15, 0.2) is 0 Å². The minimum atomic E-state index is -5.26. The maximum Gasteiger partial charge on any atom is 0.481 e. The summed E-state index contributed by atoms with van der Waals surface area (Å²) in [5.74, 6) is 0. The summed E-state index contributed by atoms with van der Waals surface area (Å²) in [6.45, 7) is -1.94. The van der Waals surface area contributed by atoms with Crippen LogP contribution < -0.4 is 0 Å². The monoisotopic (exact) mass is 332 g/mol. The fourth-order valence-electron chi connectivity index (χ4n) is 0.569. The average Bonchev–Trinajstić information content (AvgIpc) is 2.06. The molecular weight excluding hydrogens is 321 g/mol. The van der Waals surface area contributed by atoms with Gasteiger partial charge in [-0.2, -0.15) is 4.31 Å². The number of phosphoric acid groups is 3. The van der Waals surface area contributed by atoms with Crippen LogP contribution in [0.1, 0.15) is 0 Å². The summed E-state index contributed by atoms with van der Waals surface area (Å²) in [6.07, 6.45) is -1.72. The molecule has 110 valence electrons. The van der Waals surface area contributed by atoms with E-state index in [1.807, 2.05) is 0 Å². The van der Waals surface area contributed by atoms with Gasteiger partial charge in [-0.25, -0.2) is 13.7 Å². The molecule has 0 aliphatic rings. The molecule has 2 unspecified atom stereocenters. The molecular formula is C3H11O12P3. The Morgan fingerprint density at radius 3 is 1.67 bits per heavy atom. The van der Waals surface area contributed by atoms with Gasteiger partial charge < -0.3 is 29.6 Å². The molecule has 0 heterocycles. The van der Waals surface area contributed by atoms with E-state index in [1.54, 1.807) is 0 Å². The maximum atomic E-state index is 10.8. The number of hydrogen-bond donors (Lipinski definition) is 6. The molecule has 12 nitrogen and oxygen atoms in total. The van der Waals surface area contributed by atoms with Crippen molar-refractivity contribution < 1.29 is 56.6 Å². The van der Waals surface area contributed by atoms with E-state index in [1.165, 1.54) is 0 Å². The van der Waals surface area contributed by atoms with Crippen LogP contribution in [0, 0.1) is 0 Å². The van der Waals surface area contributed by atoms with Gasteiger partial charge in [0.15, 0.2) is 0 Å². The Balaban J connectivity index is 4.13.